The van der Waals surface area contributed by atoms with Gasteiger partial charge >= 0.3 is 11.6 Å². The number of furan rings is 1. The summed E-state index contributed by atoms with van der Waals surface area (Å²) in [6.45, 7) is 3.66. The summed E-state index contributed by atoms with van der Waals surface area (Å²) in [5, 5.41) is 17.8. The Morgan fingerprint density at radius 2 is 1.75 bits per heavy atom. The third kappa shape index (κ3) is 5.59. The van der Waals surface area contributed by atoms with Gasteiger partial charge in [0.25, 0.3) is 0 Å². The molecule has 0 fully saturated rings. The van der Waals surface area contributed by atoms with Crippen LogP contribution in [-0.2, 0) is 40.1 Å². The molecule has 228 valence electrons. The van der Waals surface area contributed by atoms with Gasteiger partial charge in [-0.1, -0.05) is 31.5 Å². The number of aliphatic carboxylic acids is 1. The molecule has 1 unspecified atom stereocenters. The van der Waals surface area contributed by atoms with Crippen molar-refractivity contribution in [3.8, 4) is 0 Å². The standard InChI is InChI=1S/C34H35N3O7/c1-3-8-26(32(39)37-27(33(40)41)13-19-17-35-25-11-6-4-9-20(19)25)36-31(38)15-23-18(2)22-14-24-21-10-5-7-12-28(21)43-30(24)16-29(22)44-34(23)42/h4,6,9,11,14,16-17,26-27,35H,3,5,7-8,10,12-13,15H2,1-2H3,(H,36,38)(H,37,39)(H,40,41)/t26?,27-/m1/s1. The number of fused-ring (bicyclic) bond motifs is 5. The van der Waals surface area contributed by atoms with E-state index in [0.717, 1.165) is 58.7 Å². The van der Waals surface area contributed by atoms with Crippen LogP contribution in [0.25, 0.3) is 32.8 Å². The largest absolute Gasteiger partial charge is 0.480 e. The monoisotopic (exact) mass is 597 g/mol. The summed E-state index contributed by atoms with van der Waals surface area (Å²) in [6.07, 6.45) is 6.39. The second kappa shape index (κ2) is 12.0. The molecular weight excluding hydrogens is 562 g/mol. The highest BCUT2D eigenvalue weighted by atomic mass is 16.4. The number of hydrogen-bond acceptors (Lipinski definition) is 6. The van der Waals surface area contributed by atoms with Crippen LogP contribution in [0.5, 0.6) is 0 Å². The maximum absolute atomic E-state index is 13.3. The molecule has 5 aromatic rings. The Labute approximate surface area is 252 Å². The summed E-state index contributed by atoms with van der Waals surface area (Å²) in [7, 11) is 0. The molecule has 2 atom stereocenters. The number of H-pyrrole nitrogens is 1. The fourth-order valence-electron chi connectivity index (χ4n) is 6.30. The molecule has 2 aromatic carbocycles. The van der Waals surface area contributed by atoms with Crippen LogP contribution in [-0.4, -0.2) is 40.0 Å². The number of amides is 2. The molecule has 3 heterocycles. The fourth-order valence-corrected chi connectivity index (χ4v) is 6.30. The van der Waals surface area contributed by atoms with Crippen molar-refractivity contribution in [1.29, 1.82) is 0 Å². The molecule has 0 bridgehead atoms. The van der Waals surface area contributed by atoms with E-state index in [1.807, 2.05) is 37.3 Å². The van der Waals surface area contributed by atoms with Crippen LogP contribution in [0.1, 0.15) is 60.6 Å². The topological polar surface area (TPSA) is 155 Å². The number of carboxylic acid groups (broad SMARTS) is 1. The second-order valence-corrected chi connectivity index (χ2v) is 11.6. The van der Waals surface area contributed by atoms with Gasteiger partial charge in [0.15, 0.2) is 0 Å². The fraction of sp³-hybridized carbons (Fsp3) is 0.353. The van der Waals surface area contributed by atoms with E-state index in [2.05, 4.69) is 15.6 Å². The third-order valence-corrected chi connectivity index (χ3v) is 8.64. The molecule has 1 aliphatic rings. The second-order valence-electron chi connectivity index (χ2n) is 11.6. The molecule has 0 aliphatic heterocycles. The van der Waals surface area contributed by atoms with Crippen LogP contribution in [0.3, 0.4) is 0 Å². The molecular formula is C34H35N3O7. The van der Waals surface area contributed by atoms with E-state index in [4.69, 9.17) is 8.83 Å². The molecule has 0 saturated heterocycles. The van der Waals surface area contributed by atoms with Gasteiger partial charge in [-0.3, -0.25) is 9.59 Å². The highest BCUT2D eigenvalue weighted by Crippen LogP contribution is 2.35. The number of benzene rings is 2. The summed E-state index contributed by atoms with van der Waals surface area (Å²) in [4.78, 5) is 54.7. The Morgan fingerprint density at radius 1 is 0.977 bits per heavy atom. The summed E-state index contributed by atoms with van der Waals surface area (Å²) in [6, 6.07) is 9.08. The van der Waals surface area contributed by atoms with Crippen LogP contribution in [0.4, 0.5) is 0 Å². The van der Waals surface area contributed by atoms with E-state index in [-0.39, 0.29) is 18.4 Å². The van der Waals surface area contributed by atoms with Gasteiger partial charge in [-0.05, 0) is 55.9 Å². The van der Waals surface area contributed by atoms with Crippen molar-refractivity contribution in [3.05, 3.63) is 81.0 Å². The maximum atomic E-state index is 13.3. The minimum atomic E-state index is -1.20. The number of carbonyl (C=O) groups excluding carboxylic acids is 2. The van der Waals surface area contributed by atoms with Gasteiger partial charge in [-0.15, -0.1) is 0 Å². The molecule has 0 spiro atoms. The van der Waals surface area contributed by atoms with Crippen molar-refractivity contribution in [2.45, 2.75) is 77.3 Å². The Kier molecular flexibility index (Phi) is 7.99. The number of aryl methyl sites for hydroxylation is 3. The number of nitrogens with one attached hydrogen (secondary N) is 3. The van der Waals surface area contributed by atoms with Crippen molar-refractivity contribution < 1.29 is 28.3 Å². The lowest BCUT2D eigenvalue weighted by molar-refractivity contribution is -0.142. The lowest BCUT2D eigenvalue weighted by Gasteiger charge is -2.21. The summed E-state index contributed by atoms with van der Waals surface area (Å²) in [5.41, 5.74) is 4.14. The summed E-state index contributed by atoms with van der Waals surface area (Å²) in [5.74, 6) is -1.32. The van der Waals surface area contributed by atoms with E-state index >= 15 is 0 Å². The Hall–Kier alpha value is -4.86. The first kappa shape index (κ1) is 29.2. The normalized spacial score (nSPS) is 14.4. The molecule has 2 amide bonds. The Morgan fingerprint density at radius 3 is 2.55 bits per heavy atom. The quantitative estimate of drug-likeness (QED) is 0.168. The number of aromatic nitrogens is 1. The molecule has 0 radical (unpaired) electrons. The van der Waals surface area contributed by atoms with E-state index in [0.29, 0.717) is 29.6 Å². The molecule has 10 heteroatoms. The highest BCUT2D eigenvalue weighted by molar-refractivity contribution is 5.98. The Balaban J connectivity index is 1.19. The van der Waals surface area contributed by atoms with Crippen LogP contribution in [0.15, 0.2) is 56.2 Å². The first-order valence-corrected chi connectivity index (χ1v) is 15.1. The molecule has 4 N–H and O–H groups in total. The number of hydrogen-bond donors (Lipinski definition) is 4. The molecule has 10 nitrogen and oxygen atoms in total. The lowest BCUT2D eigenvalue weighted by Crippen LogP contribution is -2.52. The number of carbonyl (C=O) groups is 3. The SMILES string of the molecule is CCCC(NC(=O)Cc1c(C)c2cc3c4c(oc3cc2oc1=O)CCCC4)C(=O)N[C@H](Cc1c[nH]c2ccccc12)C(=O)O. The number of rotatable bonds is 10. The zero-order valence-electron chi connectivity index (χ0n) is 24.7. The number of para-hydroxylation sites is 1. The molecule has 6 rings (SSSR count). The maximum Gasteiger partial charge on any atom is 0.340 e. The minimum Gasteiger partial charge on any atom is -0.480 e. The third-order valence-electron chi connectivity index (χ3n) is 8.64. The molecule has 44 heavy (non-hydrogen) atoms. The van der Waals surface area contributed by atoms with Crippen molar-refractivity contribution in [2.24, 2.45) is 0 Å². The van der Waals surface area contributed by atoms with Gasteiger partial charge in [0.1, 0.15) is 29.0 Å². The molecule has 0 saturated carbocycles. The van der Waals surface area contributed by atoms with Gasteiger partial charge in [0.2, 0.25) is 11.8 Å². The van der Waals surface area contributed by atoms with E-state index < -0.39 is 35.5 Å². The van der Waals surface area contributed by atoms with Crippen LogP contribution in [0, 0.1) is 6.92 Å². The number of carboxylic acids is 1. The summed E-state index contributed by atoms with van der Waals surface area (Å²) >= 11 is 0. The van der Waals surface area contributed by atoms with Crippen molar-refractivity contribution in [3.63, 3.8) is 0 Å². The van der Waals surface area contributed by atoms with Gasteiger partial charge in [0, 0.05) is 52.3 Å². The summed E-state index contributed by atoms with van der Waals surface area (Å²) < 4.78 is 11.7. The van der Waals surface area contributed by atoms with Crippen LogP contribution in [0.2, 0.25) is 0 Å². The van der Waals surface area contributed by atoms with Crippen molar-refractivity contribution >= 4 is 50.6 Å². The predicted molar refractivity (Wildman–Crippen MR) is 166 cm³/mol. The van der Waals surface area contributed by atoms with Crippen LogP contribution >= 0.6 is 0 Å². The first-order valence-electron chi connectivity index (χ1n) is 15.1. The average molecular weight is 598 g/mol. The number of aromatic amines is 1. The van der Waals surface area contributed by atoms with E-state index in [9.17, 15) is 24.3 Å². The highest BCUT2D eigenvalue weighted by Gasteiger charge is 2.28. The molecule has 3 aromatic heterocycles. The minimum absolute atomic E-state index is 0.0718. The van der Waals surface area contributed by atoms with E-state index in [1.54, 1.807) is 19.2 Å². The van der Waals surface area contributed by atoms with Gasteiger partial charge in [0.05, 0.1) is 12.0 Å². The van der Waals surface area contributed by atoms with E-state index in [1.165, 1.54) is 5.56 Å². The molecule has 1 aliphatic carbocycles. The first-order chi connectivity index (χ1) is 21.2. The van der Waals surface area contributed by atoms with Crippen molar-refractivity contribution in [1.82, 2.24) is 15.6 Å². The van der Waals surface area contributed by atoms with Gasteiger partial charge in [-0.2, -0.15) is 0 Å². The predicted octanol–water partition coefficient (Wildman–Crippen LogP) is 4.85. The van der Waals surface area contributed by atoms with Crippen LogP contribution < -0.4 is 16.3 Å². The smallest absolute Gasteiger partial charge is 0.340 e. The lowest BCUT2D eigenvalue weighted by atomic mass is 9.94. The zero-order chi connectivity index (χ0) is 31.0. The average Bonchev–Trinajstić information content (AvgIpc) is 3.58. The zero-order valence-corrected chi connectivity index (χ0v) is 24.7. The van der Waals surface area contributed by atoms with Gasteiger partial charge in [-0.25, -0.2) is 9.59 Å². The van der Waals surface area contributed by atoms with Gasteiger partial charge < -0.3 is 29.6 Å². The Bertz CT molecular complexity index is 1960. The van der Waals surface area contributed by atoms with Crippen molar-refractivity contribution in [2.75, 3.05) is 0 Å².